The maximum atomic E-state index is 12.6. The van der Waals surface area contributed by atoms with Crippen molar-refractivity contribution >= 4 is 33.4 Å². The standard InChI is InChI=1S/C17H18BrN3O3/c1-11-7-13(19-24-11)10-20(2)17(23)12-8-16(22)21(9-12)15-6-4-3-5-14(15)18/h3-7,12H,8-10H2,1-2H3/t12-/m0/s1. The van der Waals surface area contributed by atoms with E-state index in [1.54, 1.807) is 22.9 Å². The molecule has 2 aromatic rings. The Morgan fingerprint density at radius 2 is 2.21 bits per heavy atom. The molecule has 0 saturated carbocycles. The van der Waals surface area contributed by atoms with Crippen molar-refractivity contribution in [2.75, 3.05) is 18.5 Å². The first-order valence-electron chi connectivity index (χ1n) is 7.68. The third-order valence-electron chi connectivity index (χ3n) is 4.07. The Morgan fingerprint density at radius 3 is 2.88 bits per heavy atom. The van der Waals surface area contributed by atoms with E-state index in [4.69, 9.17) is 4.52 Å². The first-order valence-corrected chi connectivity index (χ1v) is 8.47. The number of benzene rings is 1. The van der Waals surface area contributed by atoms with Crippen molar-refractivity contribution in [2.45, 2.75) is 19.9 Å². The van der Waals surface area contributed by atoms with E-state index in [0.29, 0.717) is 24.5 Å². The highest BCUT2D eigenvalue weighted by atomic mass is 79.9. The number of carbonyl (C=O) groups excluding carboxylic acids is 2. The lowest BCUT2D eigenvalue weighted by Crippen LogP contribution is -2.34. The van der Waals surface area contributed by atoms with Crippen LogP contribution < -0.4 is 4.90 Å². The average molecular weight is 392 g/mol. The van der Waals surface area contributed by atoms with Crippen LogP contribution in [-0.2, 0) is 16.1 Å². The van der Waals surface area contributed by atoms with Crippen LogP contribution in [0.3, 0.4) is 0 Å². The first kappa shape index (κ1) is 16.7. The summed E-state index contributed by atoms with van der Waals surface area (Å²) in [7, 11) is 1.72. The van der Waals surface area contributed by atoms with Crippen LogP contribution in [0.2, 0.25) is 0 Å². The molecule has 1 aromatic heterocycles. The van der Waals surface area contributed by atoms with Crippen LogP contribution in [0.5, 0.6) is 0 Å². The maximum absolute atomic E-state index is 12.6. The summed E-state index contributed by atoms with van der Waals surface area (Å²) in [5.74, 6) is 0.272. The highest BCUT2D eigenvalue weighted by Crippen LogP contribution is 2.31. The molecule has 1 aromatic carbocycles. The van der Waals surface area contributed by atoms with Gasteiger partial charge in [-0.25, -0.2) is 0 Å². The van der Waals surface area contributed by atoms with Crippen molar-refractivity contribution in [1.29, 1.82) is 0 Å². The Morgan fingerprint density at radius 1 is 1.46 bits per heavy atom. The van der Waals surface area contributed by atoms with Gasteiger partial charge < -0.3 is 14.3 Å². The summed E-state index contributed by atoms with van der Waals surface area (Å²) in [5.41, 5.74) is 1.50. The topological polar surface area (TPSA) is 66.7 Å². The largest absolute Gasteiger partial charge is 0.361 e. The number of halogens is 1. The number of hydrogen-bond acceptors (Lipinski definition) is 4. The fraction of sp³-hybridized carbons (Fsp3) is 0.353. The second-order valence-electron chi connectivity index (χ2n) is 5.98. The van der Waals surface area contributed by atoms with Gasteiger partial charge in [0, 0.05) is 30.6 Å². The lowest BCUT2D eigenvalue weighted by molar-refractivity contribution is -0.135. The predicted octanol–water partition coefficient (Wildman–Crippen LogP) is 2.76. The quantitative estimate of drug-likeness (QED) is 0.803. The van der Waals surface area contributed by atoms with Crippen molar-refractivity contribution in [3.05, 3.63) is 46.3 Å². The van der Waals surface area contributed by atoms with Gasteiger partial charge in [-0.15, -0.1) is 0 Å². The van der Waals surface area contributed by atoms with Crippen LogP contribution in [0.4, 0.5) is 5.69 Å². The number of para-hydroxylation sites is 1. The normalized spacial score (nSPS) is 17.4. The van der Waals surface area contributed by atoms with Gasteiger partial charge in [0.25, 0.3) is 0 Å². The van der Waals surface area contributed by atoms with Gasteiger partial charge in [0.15, 0.2) is 0 Å². The van der Waals surface area contributed by atoms with Crippen LogP contribution in [-0.4, -0.2) is 35.5 Å². The minimum Gasteiger partial charge on any atom is -0.361 e. The summed E-state index contributed by atoms with van der Waals surface area (Å²) in [6.07, 6.45) is 0.225. The van der Waals surface area contributed by atoms with E-state index in [-0.39, 0.29) is 24.2 Å². The number of anilines is 1. The molecule has 1 fully saturated rings. The third kappa shape index (κ3) is 3.36. The number of aromatic nitrogens is 1. The second-order valence-corrected chi connectivity index (χ2v) is 6.83. The zero-order valence-electron chi connectivity index (χ0n) is 13.5. The lowest BCUT2D eigenvalue weighted by atomic mass is 10.1. The van der Waals surface area contributed by atoms with Gasteiger partial charge in [0.2, 0.25) is 11.8 Å². The van der Waals surface area contributed by atoms with E-state index < -0.39 is 0 Å². The molecule has 7 heteroatoms. The number of amides is 2. The summed E-state index contributed by atoms with van der Waals surface area (Å²) in [6.45, 7) is 2.57. The Hall–Kier alpha value is -2.15. The van der Waals surface area contributed by atoms with E-state index in [1.807, 2.05) is 31.2 Å². The zero-order chi connectivity index (χ0) is 17.3. The molecule has 0 unspecified atom stereocenters. The Labute approximate surface area is 148 Å². The van der Waals surface area contributed by atoms with Crippen molar-refractivity contribution < 1.29 is 14.1 Å². The molecule has 2 heterocycles. The third-order valence-corrected chi connectivity index (χ3v) is 4.74. The van der Waals surface area contributed by atoms with Gasteiger partial charge in [-0.05, 0) is 35.0 Å². The Bertz CT molecular complexity index is 774. The highest BCUT2D eigenvalue weighted by Gasteiger charge is 2.37. The molecule has 1 atom stereocenters. The molecule has 0 radical (unpaired) electrons. The minimum atomic E-state index is -0.345. The summed E-state index contributed by atoms with van der Waals surface area (Å²) < 4.78 is 5.87. The van der Waals surface area contributed by atoms with Gasteiger partial charge in [0.05, 0.1) is 18.2 Å². The smallest absolute Gasteiger partial charge is 0.228 e. The second kappa shape index (κ2) is 6.76. The highest BCUT2D eigenvalue weighted by molar-refractivity contribution is 9.10. The molecule has 0 aliphatic carbocycles. The predicted molar refractivity (Wildman–Crippen MR) is 92.3 cm³/mol. The van der Waals surface area contributed by atoms with Crippen LogP contribution in [0, 0.1) is 12.8 Å². The molecule has 1 aliphatic heterocycles. The molecule has 126 valence electrons. The van der Waals surface area contributed by atoms with Crippen molar-refractivity contribution in [3.8, 4) is 0 Å². The van der Waals surface area contributed by atoms with Gasteiger partial charge >= 0.3 is 0 Å². The summed E-state index contributed by atoms with van der Waals surface area (Å²) in [6, 6.07) is 9.33. The molecule has 0 N–H and O–H groups in total. The molecule has 1 aliphatic rings. The molecule has 24 heavy (non-hydrogen) atoms. The van der Waals surface area contributed by atoms with E-state index in [2.05, 4.69) is 21.1 Å². The van der Waals surface area contributed by atoms with Crippen LogP contribution >= 0.6 is 15.9 Å². The molecular formula is C17H18BrN3O3. The number of carbonyl (C=O) groups is 2. The van der Waals surface area contributed by atoms with Crippen molar-refractivity contribution in [1.82, 2.24) is 10.1 Å². The summed E-state index contributed by atoms with van der Waals surface area (Å²) >= 11 is 3.46. The van der Waals surface area contributed by atoms with E-state index in [1.165, 1.54) is 0 Å². The molecular weight excluding hydrogens is 374 g/mol. The number of nitrogens with zero attached hydrogens (tertiary/aromatic N) is 3. The SMILES string of the molecule is Cc1cc(CN(C)C(=O)[C@H]2CC(=O)N(c3ccccc3Br)C2)no1. The van der Waals surface area contributed by atoms with Gasteiger partial charge in [-0.1, -0.05) is 17.3 Å². The Kier molecular flexibility index (Phi) is 4.71. The molecule has 1 saturated heterocycles. The maximum Gasteiger partial charge on any atom is 0.228 e. The number of rotatable bonds is 4. The molecule has 0 bridgehead atoms. The van der Waals surface area contributed by atoms with Crippen LogP contribution in [0.1, 0.15) is 17.9 Å². The van der Waals surface area contributed by atoms with Crippen molar-refractivity contribution in [3.63, 3.8) is 0 Å². The van der Waals surface area contributed by atoms with Crippen LogP contribution in [0.15, 0.2) is 39.3 Å². The Balaban J connectivity index is 1.68. The fourth-order valence-electron chi connectivity index (χ4n) is 2.90. The monoisotopic (exact) mass is 391 g/mol. The first-order chi connectivity index (χ1) is 11.5. The fourth-order valence-corrected chi connectivity index (χ4v) is 3.40. The van der Waals surface area contributed by atoms with E-state index >= 15 is 0 Å². The van der Waals surface area contributed by atoms with E-state index in [9.17, 15) is 9.59 Å². The molecule has 2 amide bonds. The van der Waals surface area contributed by atoms with Gasteiger partial charge in [0.1, 0.15) is 11.5 Å². The summed E-state index contributed by atoms with van der Waals surface area (Å²) in [4.78, 5) is 28.2. The lowest BCUT2D eigenvalue weighted by Gasteiger charge is -2.21. The zero-order valence-corrected chi connectivity index (χ0v) is 15.1. The number of aryl methyl sites for hydroxylation is 1. The average Bonchev–Trinajstić information content (AvgIpc) is 3.13. The van der Waals surface area contributed by atoms with Crippen molar-refractivity contribution in [2.24, 2.45) is 5.92 Å². The van der Waals surface area contributed by atoms with Gasteiger partial charge in [-0.2, -0.15) is 0 Å². The van der Waals surface area contributed by atoms with E-state index in [0.717, 1.165) is 10.2 Å². The molecule has 6 nitrogen and oxygen atoms in total. The molecule has 3 rings (SSSR count). The minimum absolute atomic E-state index is 0.0362. The van der Waals surface area contributed by atoms with Crippen LogP contribution in [0.25, 0.3) is 0 Å². The van der Waals surface area contributed by atoms with Gasteiger partial charge in [-0.3, -0.25) is 9.59 Å². The summed E-state index contributed by atoms with van der Waals surface area (Å²) in [5, 5.41) is 3.90. The number of hydrogen-bond donors (Lipinski definition) is 0. The molecule has 0 spiro atoms.